The molecule has 1 rings (SSSR count). The minimum Gasteiger partial charge on any atom is -0.393 e. The summed E-state index contributed by atoms with van der Waals surface area (Å²) in [7, 11) is 1.26. The molecule has 0 aromatic carbocycles. The number of hydrogen-bond acceptors (Lipinski definition) is 4. The second-order valence-electron chi connectivity index (χ2n) is 2.49. The first-order chi connectivity index (χ1) is 5.06. The zero-order chi connectivity index (χ0) is 8.48. The summed E-state index contributed by atoms with van der Waals surface area (Å²) >= 11 is 0. The van der Waals surface area contributed by atoms with Crippen molar-refractivity contribution in [3.05, 3.63) is 11.1 Å². The van der Waals surface area contributed by atoms with Gasteiger partial charge in [-0.3, -0.25) is 0 Å². The van der Waals surface area contributed by atoms with E-state index in [0.29, 0.717) is 0 Å². The van der Waals surface area contributed by atoms with Gasteiger partial charge in [0.2, 0.25) is 0 Å². The average Bonchev–Trinajstić information content (AvgIpc) is 2.36. The van der Waals surface area contributed by atoms with Gasteiger partial charge in [0.1, 0.15) is 5.60 Å². The van der Waals surface area contributed by atoms with Crippen molar-refractivity contribution in [2.75, 3.05) is 6.61 Å². The van der Waals surface area contributed by atoms with Gasteiger partial charge in [0, 0.05) is 11.1 Å². The van der Waals surface area contributed by atoms with Crippen LogP contribution in [-0.4, -0.2) is 28.3 Å². The van der Waals surface area contributed by atoms with Gasteiger partial charge in [-0.25, -0.2) is 0 Å². The Hall–Kier alpha value is 0.0300. The van der Waals surface area contributed by atoms with Crippen LogP contribution in [0.4, 0.5) is 0 Å². The Labute approximate surface area is 72.0 Å². The summed E-state index contributed by atoms with van der Waals surface area (Å²) in [5, 5.41) is 18.3. The Bertz CT molecular complexity index is 213. The third-order valence-corrected chi connectivity index (χ3v) is 4.10. The van der Waals surface area contributed by atoms with Crippen LogP contribution in [0.5, 0.6) is 0 Å². The molecule has 3 nitrogen and oxygen atoms in total. The molecule has 64 valence electrons. The lowest BCUT2D eigenvalue weighted by molar-refractivity contribution is 0.0403. The van der Waals surface area contributed by atoms with E-state index in [1.807, 2.05) is 0 Å². The van der Waals surface area contributed by atoms with Crippen molar-refractivity contribution in [3.63, 3.8) is 0 Å². The summed E-state index contributed by atoms with van der Waals surface area (Å²) in [6.45, 7) is 1.32. The molecule has 5 heteroatoms. The van der Waals surface area contributed by atoms with Gasteiger partial charge in [-0.2, -0.15) is 0 Å². The maximum Gasteiger partial charge on any atom is 0.118 e. The smallest absolute Gasteiger partial charge is 0.118 e. The van der Waals surface area contributed by atoms with E-state index >= 15 is 0 Å². The normalized spacial score (nSPS) is 29.0. The van der Waals surface area contributed by atoms with E-state index in [4.69, 9.17) is 5.11 Å². The summed E-state index contributed by atoms with van der Waals surface area (Å²) in [6.07, 6.45) is 1.71. The number of rotatable bonds is 2. The first-order valence-corrected chi connectivity index (χ1v) is 5.81. The SMILES string of the molecule is C=S1NC=C(C(C)(O)CO)S1. The molecule has 3 N–H and O–H groups in total. The Balaban J connectivity index is 2.69. The maximum atomic E-state index is 9.54. The quantitative estimate of drug-likeness (QED) is 0.440. The standard InChI is InChI=1S/C6H11NO2S2/c1-6(9,4-8)5-3-7-11(2)10-5/h3,7-9H,2,4H2,1H3. The third kappa shape index (κ3) is 1.99. The van der Waals surface area contributed by atoms with Crippen molar-refractivity contribution < 1.29 is 10.2 Å². The van der Waals surface area contributed by atoms with E-state index in [-0.39, 0.29) is 16.3 Å². The molecule has 0 aliphatic carbocycles. The summed E-state index contributed by atoms with van der Waals surface area (Å²) < 4.78 is 2.96. The zero-order valence-electron chi connectivity index (χ0n) is 6.20. The van der Waals surface area contributed by atoms with Crippen molar-refractivity contribution in [3.8, 4) is 0 Å². The molecule has 0 saturated heterocycles. The fourth-order valence-electron chi connectivity index (χ4n) is 0.599. The molecule has 1 aliphatic heterocycles. The highest BCUT2D eigenvalue weighted by Crippen LogP contribution is 2.42. The molecular weight excluding hydrogens is 182 g/mol. The van der Waals surface area contributed by atoms with Crippen molar-refractivity contribution in [2.24, 2.45) is 0 Å². The fourth-order valence-corrected chi connectivity index (χ4v) is 3.16. The van der Waals surface area contributed by atoms with Gasteiger partial charge in [0.25, 0.3) is 0 Å². The fraction of sp³-hybridized carbons (Fsp3) is 0.500. The maximum absolute atomic E-state index is 9.54. The van der Waals surface area contributed by atoms with Crippen molar-refractivity contribution in [1.82, 2.24) is 4.72 Å². The highest BCUT2D eigenvalue weighted by atomic mass is 33.1. The van der Waals surface area contributed by atoms with E-state index in [2.05, 4.69) is 10.6 Å². The van der Waals surface area contributed by atoms with Gasteiger partial charge in [0.15, 0.2) is 0 Å². The van der Waals surface area contributed by atoms with Gasteiger partial charge in [-0.1, -0.05) is 0 Å². The van der Waals surface area contributed by atoms with E-state index in [1.165, 1.54) is 10.8 Å². The molecule has 2 atom stereocenters. The Kier molecular flexibility index (Phi) is 2.64. The summed E-state index contributed by atoms with van der Waals surface area (Å²) in [5.41, 5.74) is -1.11. The lowest BCUT2D eigenvalue weighted by Crippen LogP contribution is -2.29. The largest absolute Gasteiger partial charge is 0.393 e. The van der Waals surface area contributed by atoms with Crippen LogP contribution in [0.1, 0.15) is 6.92 Å². The molecule has 0 bridgehead atoms. The molecule has 0 saturated carbocycles. The van der Waals surface area contributed by atoms with Crippen molar-refractivity contribution in [1.29, 1.82) is 0 Å². The molecule has 0 aromatic heterocycles. The predicted octanol–water partition coefficient (Wildman–Crippen LogP) is 0.438. The molecular formula is C6H11NO2S2. The van der Waals surface area contributed by atoms with E-state index < -0.39 is 5.60 Å². The lowest BCUT2D eigenvalue weighted by atomic mass is 10.1. The van der Waals surface area contributed by atoms with Crippen molar-refractivity contribution >= 4 is 26.4 Å². The van der Waals surface area contributed by atoms with Gasteiger partial charge in [-0.15, -0.1) is 0 Å². The summed E-state index contributed by atoms with van der Waals surface area (Å²) in [4.78, 5) is 0.748. The Morgan fingerprint density at radius 2 is 2.55 bits per heavy atom. The Morgan fingerprint density at radius 1 is 1.91 bits per heavy atom. The molecule has 2 unspecified atom stereocenters. The van der Waals surface area contributed by atoms with Crippen molar-refractivity contribution in [2.45, 2.75) is 12.5 Å². The van der Waals surface area contributed by atoms with Crippen LogP contribution in [-0.2, 0) is 0 Å². The summed E-state index contributed by atoms with van der Waals surface area (Å²) in [5.74, 6) is 3.77. The average molecular weight is 193 g/mol. The molecule has 0 amide bonds. The van der Waals surface area contributed by atoms with Crippen LogP contribution < -0.4 is 4.72 Å². The van der Waals surface area contributed by atoms with Gasteiger partial charge < -0.3 is 14.9 Å². The van der Waals surface area contributed by atoms with Crippen LogP contribution >= 0.6 is 20.5 Å². The van der Waals surface area contributed by atoms with Gasteiger partial charge >= 0.3 is 0 Å². The molecule has 0 radical (unpaired) electrons. The second kappa shape index (κ2) is 3.18. The third-order valence-electron chi connectivity index (χ3n) is 1.35. The monoisotopic (exact) mass is 193 g/mol. The molecule has 0 fully saturated rings. The zero-order valence-corrected chi connectivity index (χ0v) is 7.84. The van der Waals surface area contributed by atoms with Crippen LogP contribution in [0.3, 0.4) is 0 Å². The number of aliphatic hydroxyl groups excluding tert-OH is 1. The van der Waals surface area contributed by atoms with Crippen LogP contribution in [0, 0.1) is 0 Å². The van der Waals surface area contributed by atoms with Crippen LogP contribution in [0.2, 0.25) is 0 Å². The topological polar surface area (TPSA) is 52.5 Å². The number of aliphatic hydroxyl groups is 2. The highest BCUT2D eigenvalue weighted by molar-refractivity contribution is 8.84. The molecule has 0 aromatic rings. The number of hydrogen-bond donors (Lipinski definition) is 3. The molecule has 0 spiro atoms. The predicted molar refractivity (Wildman–Crippen MR) is 51.2 cm³/mol. The second-order valence-corrected chi connectivity index (χ2v) is 5.73. The first kappa shape index (κ1) is 9.12. The highest BCUT2D eigenvalue weighted by Gasteiger charge is 2.28. The van der Waals surface area contributed by atoms with Gasteiger partial charge in [0.05, 0.1) is 6.61 Å². The number of nitrogens with one attached hydrogen (secondary N) is 1. The van der Waals surface area contributed by atoms with Crippen LogP contribution in [0.25, 0.3) is 0 Å². The molecule has 11 heavy (non-hydrogen) atoms. The van der Waals surface area contributed by atoms with E-state index in [0.717, 1.165) is 4.91 Å². The first-order valence-electron chi connectivity index (χ1n) is 3.08. The van der Waals surface area contributed by atoms with E-state index in [1.54, 1.807) is 13.1 Å². The summed E-state index contributed by atoms with van der Waals surface area (Å²) in [6, 6.07) is 0. The van der Waals surface area contributed by atoms with E-state index in [9.17, 15) is 5.11 Å². The minimum atomic E-state index is -1.11. The molecule has 1 heterocycles. The lowest BCUT2D eigenvalue weighted by Gasteiger charge is -2.19. The van der Waals surface area contributed by atoms with Crippen LogP contribution in [0.15, 0.2) is 11.1 Å². The van der Waals surface area contributed by atoms with Gasteiger partial charge in [-0.05, 0) is 33.3 Å². The molecule has 1 aliphatic rings. The minimum absolute atomic E-state index is 0.198. The Morgan fingerprint density at radius 3 is 2.91 bits per heavy atom.